The maximum Gasteiger partial charge on any atom is 0.352 e. The van der Waals surface area contributed by atoms with Crippen molar-refractivity contribution < 1.29 is 19.8 Å². The van der Waals surface area contributed by atoms with E-state index in [-0.39, 0.29) is 0 Å². The number of carboxylic acid groups (broad SMARTS) is 2. The van der Waals surface area contributed by atoms with Crippen LogP contribution in [-0.4, -0.2) is 32.1 Å². The Balaban J connectivity index is 0.000000423. The van der Waals surface area contributed by atoms with E-state index in [1.54, 1.807) is 0 Å². The van der Waals surface area contributed by atoms with Crippen molar-refractivity contribution in [3.8, 4) is 0 Å². The van der Waals surface area contributed by atoms with E-state index in [4.69, 9.17) is 15.0 Å². The van der Waals surface area contributed by atoms with Crippen LogP contribution < -0.4 is 11.2 Å². The van der Waals surface area contributed by atoms with Gasteiger partial charge in [0.15, 0.2) is 0 Å². The van der Waals surface area contributed by atoms with Gasteiger partial charge in [-0.2, -0.15) is 0 Å². The molecule has 0 saturated heterocycles. The first kappa shape index (κ1) is 12.6. The third-order valence-electron chi connectivity index (χ3n) is 0.991. The number of aromatic amines is 2. The van der Waals surface area contributed by atoms with Gasteiger partial charge in [0.2, 0.25) is 0 Å². The third kappa shape index (κ3) is 5.80. The van der Waals surface area contributed by atoms with Crippen molar-refractivity contribution in [2.75, 3.05) is 0 Å². The predicted molar refractivity (Wildman–Crippen MR) is 48.0 cm³/mol. The number of aromatic carboxylic acids is 1. The molecular formula is C7H8N2O6. The van der Waals surface area contributed by atoms with Crippen LogP contribution in [0.2, 0.25) is 0 Å². The highest BCUT2D eigenvalue weighted by Crippen LogP contribution is 1.81. The minimum atomic E-state index is -1.34. The minimum absolute atomic E-state index is 0.418. The Morgan fingerprint density at radius 1 is 1.20 bits per heavy atom. The third-order valence-corrected chi connectivity index (χ3v) is 0.991. The van der Waals surface area contributed by atoms with Crippen LogP contribution in [0.4, 0.5) is 0 Å². The standard InChI is InChI=1S/C5H4N2O4.C2H4O2/c8-3-1-2(4(9)10)6-5(11)7-3;1-2(3)4/h1H,(H,9,10)(H2,6,7,8,11);1H3,(H,3,4). The number of hydrogen-bond donors (Lipinski definition) is 4. The Labute approximate surface area is 82.2 Å². The van der Waals surface area contributed by atoms with Gasteiger partial charge >= 0.3 is 11.7 Å². The summed E-state index contributed by atoms with van der Waals surface area (Å²) in [7, 11) is 0. The fourth-order valence-electron chi connectivity index (χ4n) is 0.584. The number of aliphatic carboxylic acids is 1. The molecule has 1 heterocycles. The number of aromatic nitrogens is 2. The number of carboxylic acids is 2. The molecule has 0 fully saturated rings. The van der Waals surface area contributed by atoms with Gasteiger partial charge in [0.1, 0.15) is 5.69 Å². The van der Waals surface area contributed by atoms with Gasteiger partial charge in [-0.15, -0.1) is 0 Å². The molecule has 8 heteroatoms. The molecule has 1 aromatic heterocycles. The lowest BCUT2D eigenvalue weighted by Crippen LogP contribution is -2.24. The lowest BCUT2D eigenvalue weighted by Gasteiger charge is -1.89. The molecule has 0 atom stereocenters. The van der Waals surface area contributed by atoms with Gasteiger partial charge in [0, 0.05) is 13.0 Å². The Morgan fingerprint density at radius 2 is 1.67 bits per heavy atom. The average Bonchev–Trinajstić information content (AvgIpc) is 2.00. The second kappa shape index (κ2) is 5.37. The normalized spacial score (nSPS) is 8.60. The van der Waals surface area contributed by atoms with Gasteiger partial charge in [0.25, 0.3) is 11.5 Å². The van der Waals surface area contributed by atoms with Crippen molar-refractivity contribution in [1.29, 1.82) is 0 Å². The van der Waals surface area contributed by atoms with E-state index in [0.717, 1.165) is 13.0 Å². The Morgan fingerprint density at radius 3 is 2.00 bits per heavy atom. The van der Waals surface area contributed by atoms with Crippen molar-refractivity contribution in [3.05, 3.63) is 32.6 Å². The molecule has 0 spiro atoms. The molecule has 0 unspecified atom stereocenters. The maximum absolute atomic E-state index is 10.5. The second-order valence-electron chi connectivity index (χ2n) is 2.33. The molecule has 8 nitrogen and oxygen atoms in total. The molecule has 15 heavy (non-hydrogen) atoms. The first-order chi connectivity index (χ1) is 6.82. The summed E-state index contributed by atoms with van der Waals surface area (Å²) < 4.78 is 0. The average molecular weight is 216 g/mol. The molecule has 82 valence electrons. The number of hydrogen-bond acceptors (Lipinski definition) is 4. The van der Waals surface area contributed by atoms with Crippen LogP contribution in [0.1, 0.15) is 17.4 Å². The zero-order valence-corrected chi connectivity index (χ0v) is 7.60. The summed E-state index contributed by atoms with van der Waals surface area (Å²) in [5.74, 6) is -2.17. The van der Waals surface area contributed by atoms with Crippen LogP contribution in [0.25, 0.3) is 0 Å². The van der Waals surface area contributed by atoms with E-state index >= 15 is 0 Å². The van der Waals surface area contributed by atoms with Crippen molar-refractivity contribution in [2.24, 2.45) is 0 Å². The highest BCUT2D eigenvalue weighted by Gasteiger charge is 2.03. The van der Waals surface area contributed by atoms with Gasteiger partial charge < -0.3 is 15.2 Å². The molecule has 0 aromatic carbocycles. The van der Waals surface area contributed by atoms with E-state index < -0.39 is 28.9 Å². The Kier molecular flexibility index (Phi) is 4.52. The van der Waals surface area contributed by atoms with E-state index in [9.17, 15) is 14.4 Å². The minimum Gasteiger partial charge on any atom is -0.481 e. The monoisotopic (exact) mass is 216 g/mol. The summed E-state index contributed by atoms with van der Waals surface area (Å²) in [6, 6.07) is 0.795. The first-order valence-corrected chi connectivity index (χ1v) is 3.59. The zero-order valence-electron chi connectivity index (χ0n) is 7.60. The van der Waals surface area contributed by atoms with E-state index in [0.29, 0.717) is 0 Å². The van der Waals surface area contributed by atoms with Gasteiger partial charge in [-0.1, -0.05) is 0 Å². The lowest BCUT2D eigenvalue weighted by molar-refractivity contribution is -0.134. The quantitative estimate of drug-likeness (QED) is 0.467. The van der Waals surface area contributed by atoms with Gasteiger partial charge in [-0.3, -0.25) is 14.6 Å². The fraction of sp³-hybridized carbons (Fsp3) is 0.143. The van der Waals surface area contributed by atoms with Gasteiger partial charge in [-0.25, -0.2) is 9.59 Å². The van der Waals surface area contributed by atoms with Crippen LogP contribution in [0.3, 0.4) is 0 Å². The molecule has 0 aliphatic carbocycles. The van der Waals surface area contributed by atoms with Crippen molar-refractivity contribution in [1.82, 2.24) is 9.97 Å². The van der Waals surface area contributed by atoms with Gasteiger partial charge in [0.05, 0.1) is 0 Å². The fourth-order valence-corrected chi connectivity index (χ4v) is 0.584. The summed E-state index contributed by atoms with van der Waals surface area (Å²) in [5.41, 5.74) is -1.97. The van der Waals surface area contributed by atoms with Crippen molar-refractivity contribution in [2.45, 2.75) is 6.92 Å². The molecular weight excluding hydrogens is 208 g/mol. The zero-order chi connectivity index (χ0) is 12.0. The molecule has 1 aromatic rings. The van der Waals surface area contributed by atoms with Crippen molar-refractivity contribution >= 4 is 11.9 Å². The summed E-state index contributed by atoms with van der Waals surface area (Å²) >= 11 is 0. The SMILES string of the molecule is CC(=O)O.O=C(O)c1cc(=O)[nH]c(=O)[nH]1. The second-order valence-corrected chi connectivity index (χ2v) is 2.33. The highest BCUT2D eigenvalue weighted by molar-refractivity contribution is 5.84. The summed E-state index contributed by atoms with van der Waals surface area (Å²) in [6.45, 7) is 1.08. The summed E-state index contributed by atoms with van der Waals surface area (Å²) in [4.78, 5) is 43.9. The molecule has 0 bridgehead atoms. The van der Waals surface area contributed by atoms with Crippen LogP contribution in [0, 0.1) is 0 Å². The molecule has 0 aliphatic heterocycles. The summed E-state index contributed by atoms with van der Waals surface area (Å²) in [5, 5.41) is 15.7. The molecule has 0 aliphatic rings. The van der Waals surface area contributed by atoms with Crippen molar-refractivity contribution in [3.63, 3.8) is 0 Å². The molecule has 0 saturated carbocycles. The van der Waals surface area contributed by atoms with Crippen LogP contribution >= 0.6 is 0 Å². The molecule has 4 N–H and O–H groups in total. The van der Waals surface area contributed by atoms with Crippen LogP contribution in [-0.2, 0) is 4.79 Å². The highest BCUT2D eigenvalue weighted by atomic mass is 16.4. The summed E-state index contributed by atoms with van der Waals surface area (Å²) in [6.07, 6.45) is 0. The topological polar surface area (TPSA) is 140 Å². The maximum atomic E-state index is 10.5. The first-order valence-electron chi connectivity index (χ1n) is 3.59. The smallest absolute Gasteiger partial charge is 0.352 e. The Bertz CT molecular complexity index is 439. The lowest BCUT2D eigenvalue weighted by atomic mass is 10.4. The molecule has 0 amide bonds. The largest absolute Gasteiger partial charge is 0.481 e. The number of H-pyrrole nitrogens is 2. The van der Waals surface area contributed by atoms with Crippen LogP contribution in [0.15, 0.2) is 15.7 Å². The Hall–Kier alpha value is -2.38. The van der Waals surface area contributed by atoms with E-state index in [2.05, 4.69) is 0 Å². The van der Waals surface area contributed by atoms with Crippen LogP contribution in [0.5, 0.6) is 0 Å². The number of rotatable bonds is 1. The number of carbonyl (C=O) groups is 2. The van der Waals surface area contributed by atoms with Gasteiger partial charge in [-0.05, 0) is 0 Å². The number of nitrogens with one attached hydrogen (secondary N) is 2. The van der Waals surface area contributed by atoms with E-state index in [1.165, 1.54) is 0 Å². The molecule has 1 rings (SSSR count). The molecule has 0 radical (unpaired) electrons. The van der Waals surface area contributed by atoms with E-state index in [1.807, 2.05) is 9.97 Å². The predicted octanol–water partition coefficient (Wildman–Crippen LogP) is -1.15.